The van der Waals surface area contributed by atoms with E-state index in [-0.39, 0.29) is 6.10 Å². The van der Waals surface area contributed by atoms with Crippen molar-refractivity contribution in [1.29, 1.82) is 0 Å². The van der Waals surface area contributed by atoms with Crippen molar-refractivity contribution >= 4 is 5.82 Å². The van der Waals surface area contributed by atoms with E-state index in [1.54, 1.807) is 18.6 Å². The van der Waals surface area contributed by atoms with Gasteiger partial charge in [-0.2, -0.15) is 0 Å². The molecule has 1 saturated heterocycles. The van der Waals surface area contributed by atoms with E-state index in [0.717, 1.165) is 37.6 Å². The summed E-state index contributed by atoms with van der Waals surface area (Å²) in [6, 6.07) is 2.01. The normalized spacial score (nSPS) is 19.2. The summed E-state index contributed by atoms with van der Waals surface area (Å²) < 4.78 is 5.88. The number of ether oxygens (including phenoxy) is 1. The second-order valence-corrected chi connectivity index (χ2v) is 5.90. The summed E-state index contributed by atoms with van der Waals surface area (Å²) >= 11 is 0. The molecular formula is C16H19N5O. The standard InChI is InChI=1S/C16H19N5O/c1-2-12(1)16-19-6-3-14(20-16)21-9-4-13(5-10-21)22-15-11-17-7-8-18-15/h3,6-8,11-13H,1-2,4-5,9-10H2. The van der Waals surface area contributed by atoms with Gasteiger partial charge in [0, 0.05) is 50.4 Å². The lowest BCUT2D eigenvalue weighted by Gasteiger charge is -2.32. The minimum absolute atomic E-state index is 0.206. The fraction of sp³-hybridized carbons (Fsp3) is 0.500. The van der Waals surface area contributed by atoms with Crippen LogP contribution in [0.25, 0.3) is 0 Å². The van der Waals surface area contributed by atoms with Crippen molar-refractivity contribution in [2.24, 2.45) is 0 Å². The zero-order valence-electron chi connectivity index (χ0n) is 12.4. The fourth-order valence-corrected chi connectivity index (χ4v) is 2.80. The third-order valence-corrected chi connectivity index (χ3v) is 4.19. The van der Waals surface area contributed by atoms with E-state index >= 15 is 0 Å². The van der Waals surface area contributed by atoms with Gasteiger partial charge in [-0.15, -0.1) is 0 Å². The molecule has 0 unspecified atom stereocenters. The van der Waals surface area contributed by atoms with Gasteiger partial charge in [0.1, 0.15) is 17.7 Å². The van der Waals surface area contributed by atoms with Crippen molar-refractivity contribution < 1.29 is 4.74 Å². The molecule has 0 N–H and O–H groups in total. The Labute approximate surface area is 129 Å². The number of nitrogens with zero attached hydrogens (tertiary/aromatic N) is 5. The Balaban J connectivity index is 1.36. The van der Waals surface area contributed by atoms with Crippen molar-refractivity contribution in [1.82, 2.24) is 19.9 Å². The lowest BCUT2D eigenvalue weighted by atomic mass is 10.1. The second-order valence-electron chi connectivity index (χ2n) is 5.90. The Morgan fingerprint density at radius 2 is 1.86 bits per heavy atom. The molecule has 0 atom stereocenters. The third-order valence-electron chi connectivity index (χ3n) is 4.19. The molecule has 6 nitrogen and oxygen atoms in total. The maximum atomic E-state index is 5.88. The van der Waals surface area contributed by atoms with Gasteiger partial charge < -0.3 is 9.64 Å². The number of hydrogen-bond donors (Lipinski definition) is 0. The van der Waals surface area contributed by atoms with Gasteiger partial charge in [0.15, 0.2) is 0 Å². The molecule has 2 aromatic rings. The molecule has 0 spiro atoms. The molecular weight excluding hydrogens is 278 g/mol. The minimum Gasteiger partial charge on any atom is -0.473 e. The minimum atomic E-state index is 0.206. The van der Waals surface area contributed by atoms with Crippen LogP contribution < -0.4 is 9.64 Å². The quantitative estimate of drug-likeness (QED) is 0.862. The molecule has 4 rings (SSSR count). The van der Waals surface area contributed by atoms with E-state index in [1.165, 1.54) is 12.8 Å². The summed E-state index contributed by atoms with van der Waals surface area (Å²) in [6.45, 7) is 1.90. The van der Waals surface area contributed by atoms with Crippen LogP contribution in [0.15, 0.2) is 30.9 Å². The Morgan fingerprint density at radius 1 is 1.00 bits per heavy atom. The van der Waals surface area contributed by atoms with Crippen molar-refractivity contribution in [3.05, 3.63) is 36.7 Å². The van der Waals surface area contributed by atoms with Crippen LogP contribution in [0.5, 0.6) is 5.88 Å². The summed E-state index contributed by atoms with van der Waals surface area (Å²) in [6.07, 6.45) is 11.5. The first kappa shape index (κ1) is 13.4. The van der Waals surface area contributed by atoms with E-state index in [2.05, 4.69) is 19.9 Å². The SMILES string of the molecule is c1cnc(OC2CCN(c3ccnc(C4CC4)n3)CC2)cn1. The van der Waals surface area contributed by atoms with E-state index < -0.39 is 0 Å². The largest absolute Gasteiger partial charge is 0.473 e. The van der Waals surface area contributed by atoms with Gasteiger partial charge in [-0.1, -0.05) is 0 Å². The lowest BCUT2D eigenvalue weighted by Crippen LogP contribution is -2.38. The van der Waals surface area contributed by atoms with Crippen LogP contribution >= 0.6 is 0 Å². The molecule has 1 saturated carbocycles. The van der Waals surface area contributed by atoms with E-state index in [4.69, 9.17) is 9.72 Å². The Morgan fingerprint density at radius 3 is 2.59 bits per heavy atom. The van der Waals surface area contributed by atoms with Gasteiger partial charge in [0.05, 0.1) is 6.20 Å². The molecule has 114 valence electrons. The molecule has 22 heavy (non-hydrogen) atoms. The topological polar surface area (TPSA) is 64.0 Å². The Hall–Kier alpha value is -2.24. The van der Waals surface area contributed by atoms with Crippen LogP contribution in [0, 0.1) is 0 Å². The highest BCUT2D eigenvalue weighted by molar-refractivity contribution is 5.38. The van der Waals surface area contributed by atoms with E-state index in [0.29, 0.717) is 11.8 Å². The molecule has 3 heterocycles. The first-order chi connectivity index (χ1) is 10.9. The van der Waals surface area contributed by atoms with Gasteiger partial charge in [-0.25, -0.2) is 15.0 Å². The summed E-state index contributed by atoms with van der Waals surface area (Å²) in [5.41, 5.74) is 0. The number of anilines is 1. The van der Waals surface area contributed by atoms with Crippen LogP contribution in [-0.2, 0) is 0 Å². The summed E-state index contributed by atoms with van der Waals surface area (Å²) in [5, 5.41) is 0. The van der Waals surface area contributed by atoms with Crippen LogP contribution in [0.3, 0.4) is 0 Å². The van der Waals surface area contributed by atoms with Crippen LogP contribution in [0.4, 0.5) is 5.82 Å². The molecule has 0 amide bonds. The van der Waals surface area contributed by atoms with Gasteiger partial charge in [0.25, 0.3) is 0 Å². The smallest absolute Gasteiger partial charge is 0.232 e. The van der Waals surface area contributed by atoms with Gasteiger partial charge in [-0.05, 0) is 18.9 Å². The Kier molecular flexibility index (Phi) is 3.58. The third kappa shape index (κ3) is 3.00. The number of piperidine rings is 1. The predicted octanol–water partition coefficient (Wildman–Crippen LogP) is 2.19. The molecule has 6 heteroatoms. The maximum Gasteiger partial charge on any atom is 0.232 e. The van der Waals surface area contributed by atoms with E-state index in [9.17, 15) is 0 Å². The molecule has 2 aliphatic rings. The predicted molar refractivity (Wildman–Crippen MR) is 81.9 cm³/mol. The molecule has 1 aliphatic carbocycles. The summed E-state index contributed by atoms with van der Waals surface area (Å²) in [4.78, 5) is 19.6. The van der Waals surface area contributed by atoms with Crippen molar-refractivity contribution in [3.63, 3.8) is 0 Å². The highest BCUT2D eigenvalue weighted by Crippen LogP contribution is 2.38. The molecule has 0 aromatic carbocycles. The van der Waals surface area contributed by atoms with Crippen molar-refractivity contribution in [2.75, 3.05) is 18.0 Å². The lowest BCUT2D eigenvalue weighted by molar-refractivity contribution is 0.163. The highest BCUT2D eigenvalue weighted by atomic mass is 16.5. The van der Waals surface area contributed by atoms with Gasteiger partial charge in [0.2, 0.25) is 5.88 Å². The molecule has 0 radical (unpaired) electrons. The molecule has 0 bridgehead atoms. The maximum absolute atomic E-state index is 5.88. The number of hydrogen-bond acceptors (Lipinski definition) is 6. The second kappa shape index (κ2) is 5.87. The summed E-state index contributed by atoms with van der Waals surface area (Å²) in [7, 11) is 0. The highest BCUT2D eigenvalue weighted by Gasteiger charge is 2.28. The first-order valence-electron chi connectivity index (χ1n) is 7.89. The first-order valence-corrected chi connectivity index (χ1v) is 7.89. The van der Waals surface area contributed by atoms with Gasteiger partial charge >= 0.3 is 0 Å². The summed E-state index contributed by atoms with van der Waals surface area (Å²) in [5.74, 6) is 3.27. The van der Waals surface area contributed by atoms with Gasteiger partial charge in [-0.3, -0.25) is 4.98 Å². The molecule has 1 aliphatic heterocycles. The van der Waals surface area contributed by atoms with Crippen molar-refractivity contribution in [2.45, 2.75) is 37.7 Å². The van der Waals surface area contributed by atoms with Crippen LogP contribution in [-0.4, -0.2) is 39.1 Å². The molecule has 2 aromatic heterocycles. The number of rotatable bonds is 4. The average molecular weight is 297 g/mol. The average Bonchev–Trinajstić information content (AvgIpc) is 3.42. The zero-order valence-corrected chi connectivity index (χ0v) is 12.4. The zero-order chi connectivity index (χ0) is 14.8. The number of aromatic nitrogens is 4. The van der Waals surface area contributed by atoms with Crippen molar-refractivity contribution in [3.8, 4) is 5.88 Å². The van der Waals surface area contributed by atoms with Crippen LogP contribution in [0.1, 0.15) is 37.4 Å². The van der Waals surface area contributed by atoms with E-state index in [1.807, 2.05) is 12.3 Å². The fourth-order valence-electron chi connectivity index (χ4n) is 2.80. The Bertz CT molecular complexity index is 623. The van der Waals surface area contributed by atoms with Crippen LogP contribution in [0.2, 0.25) is 0 Å². The molecule has 2 fully saturated rings. The monoisotopic (exact) mass is 297 g/mol.